The molecule has 0 saturated heterocycles. The third-order valence-electron chi connectivity index (χ3n) is 7.55. The van der Waals surface area contributed by atoms with Crippen molar-refractivity contribution in [1.29, 1.82) is 0 Å². The third-order valence-corrected chi connectivity index (χ3v) is 7.55. The van der Waals surface area contributed by atoms with Crippen LogP contribution in [-0.4, -0.2) is 31.1 Å². The Hall–Kier alpha value is -6.49. The summed E-state index contributed by atoms with van der Waals surface area (Å²) in [6.45, 7) is 24.8. The Morgan fingerprint density at radius 2 is 1.30 bits per heavy atom. The molecule has 0 N–H and O–H groups in total. The van der Waals surface area contributed by atoms with E-state index in [-0.39, 0.29) is 80.0 Å². The molecule has 9 nitrogen and oxygen atoms in total. The first-order chi connectivity index (χ1) is 25.1. The summed E-state index contributed by atoms with van der Waals surface area (Å²) in [5.74, 6) is -1.70. The molecule has 0 aliphatic carbocycles. The van der Waals surface area contributed by atoms with Gasteiger partial charge in [0.1, 0.15) is 54.5 Å². The van der Waals surface area contributed by atoms with Crippen LogP contribution in [0.3, 0.4) is 0 Å². The second kappa shape index (κ2) is 17.1. The van der Waals surface area contributed by atoms with E-state index in [0.717, 1.165) is 12.5 Å². The van der Waals surface area contributed by atoms with E-state index in [9.17, 15) is 23.2 Å². The van der Waals surface area contributed by atoms with Crippen molar-refractivity contribution in [2.45, 2.75) is 34.1 Å². The van der Waals surface area contributed by atoms with Gasteiger partial charge in [0.25, 0.3) is 6.43 Å². The van der Waals surface area contributed by atoms with Gasteiger partial charge in [-0.2, -0.15) is 0 Å². The molecular formula is C42H38F2O9. The average Bonchev–Trinajstić information content (AvgIpc) is 3.12. The van der Waals surface area contributed by atoms with E-state index < -0.39 is 24.3 Å². The van der Waals surface area contributed by atoms with Crippen LogP contribution in [0.5, 0.6) is 23.0 Å². The molecule has 0 spiro atoms. The second-order valence-corrected chi connectivity index (χ2v) is 11.9. The average molecular weight is 725 g/mol. The molecular weight excluding hydrogens is 686 g/mol. The van der Waals surface area contributed by atoms with Crippen molar-refractivity contribution in [3.05, 3.63) is 134 Å². The fourth-order valence-corrected chi connectivity index (χ4v) is 4.83. The lowest BCUT2D eigenvalue weighted by molar-refractivity contribution is -0.133. The third kappa shape index (κ3) is 9.25. The maximum absolute atomic E-state index is 13.6. The van der Waals surface area contributed by atoms with Gasteiger partial charge in [0.05, 0.1) is 10.8 Å². The Kier molecular flexibility index (Phi) is 12.7. The topological polar surface area (TPSA) is 107 Å². The number of carbonyl (C=O) groups excluding carboxylic acids is 3. The Morgan fingerprint density at radius 1 is 0.660 bits per heavy atom. The van der Waals surface area contributed by atoms with Gasteiger partial charge in [0.2, 0.25) is 0 Å². The van der Waals surface area contributed by atoms with Gasteiger partial charge in [0.15, 0.2) is 0 Å². The maximum Gasteiger partial charge on any atom is 0.338 e. The van der Waals surface area contributed by atoms with Crippen LogP contribution < -0.4 is 18.9 Å². The highest BCUT2D eigenvalue weighted by Gasteiger charge is 2.27. The summed E-state index contributed by atoms with van der Waals surface area (Å²) in [6.07, 6.45) is -0.627. The predicted molar refractivity (Wildman–Crippen MR) is 199 cm³/mol. The highest BCUT2D eigenvalue weighted by Crippen LogP contribution is 2.52. The molecule has 4 rings (SSSR count). The Balaban J connectivity index is 2.15. The van der Waals surface area contributed by atoms with E-state index >= 15 is 0 Å². The zero-order valence-corrected chi connectivity index (χ0v) is 29.8. The molecule has 0 radical (unpaired) electrons. The molecule has 274 valence electrons. The first-order valence-electron chi connectivity index (χ1n) is 16.1. The summed E-state index contributed by atoms with van der Waals surface area (Å²) < 4.78 is 62.2. The number of fused-ring (bicyclic) bond motifs is 2. The molecule has 0 unspecified atom stereocenters. The molecule has 4 aromatic rings. The zero-order valence-electron chi connectivity index (χ0n) is 29.8. The van der Waals surface area contributed by atoms with Gasteiger partial charge in [-0.05, 0) is 62.6 Å². The van der Waals surface area contributed by atoms with Crippen molar-refractivity contribution in [2.75, 3.05) is 13.2 Å². The molecule has 0 amide bonds. The summed E-state index contributed by atoms with van der Waals surface area (Å²) in [5, 5.41) is 0.848. The lowest BCUT2D eigenvalue weighted by Crippen LogP contribution is -2.12. The summed E-state index contributed by atoms with van der Waals surface area (Å²) in [6, 6.07) is 13.6. The van der Waals surface area contributed by atoms with Crippen molar-refractivity contribution in [2.24, 2.45) is 0 Å². The number of hydrogen-bond donors (Lipinski definition) is 0. The van der Waals surface area contributed by atoms with Gasteiger partial charge in [-0.15, -0.1) is 0 Å². The summed E-state index contributed by atoms with van der Waals surface area (Å²) in [4.78, 5) is 38.3. The smallest absolute Gasteiger partial charge is 0.338 e. The monoisotopic (exact) mass is 724 g/mol. The van der Waals surface area contributed by atoms with Gasteiger partial charge < -0.3 is 28.4 Å². The van der Waals surface area contributed by atoms with Crippen molar-refractivity contribution in [3.63, 3.8) is 0 Å². The van der Waals surface area contributed by atoms with Crippen molar-refractivity contribution < 1.29 is 51.6 Å². The van der Waals surface area contributed by atoms with Crippen LogP contribution in [0.1, 0.15) is 39.7 Å². The molecule has 11 heteroatoms. The molecule has 0 saturated carbocycles. The zero-order chi connectivity index (χ0) is 39.0. The number of allylic oxidation sites excluding steroid dienone is 1. The van der Waals surface area contributed by atoms with Crippen molar-refractivity contribution >= 4 is 39.5 Å². The number of rotatable bonds is 16. The highest BCUT2D eigenvalue weighted by molar-refractivity contribution is 6.20. The lowest BCUT2D eigenvalue weighted by atomic mass is 9.92. The Bertz CT molecular complexity index is 2190. The summed E-state index contributed by atoms with van der Waals surface area (Å²) in [7, 11) is 0. The first kappa shape index (κ1) is 39.3. The van der Waals surface area contributed by atoms with Gasteiger partial charge in [-0.25, -0.2) is 23.2 Å². The number of benzene rings is 4. The molecule has 0 bridgehead atoms. The highest BCUT2D eigenvalue weighted by atomic mass is 19.3. The minimum atomic E-state index is -2.71. The van der Waals surface area contributed by atoms with Crippen LogP contribution in [0.15, 0.2) is 128 Å². The Labute approximate surface area is 305 Å². The van der Waals surface area contributed by atoms with Crippen LogP contribution in [0.4, 0.5) is 8.78 Å². The number of ether oxygens (including phenoxy) is 6. The lowest BCUT2D eigenvalue weighted by Gasteiger charge is -2.22. The van der Waals surface area contributed by atoms with E-state index in [1.54, 1.807) is 31.2 Å². The molecule has 0 aromatic heterocycles. The van der Waals surface area contributed by atoms with E-state index in [2.05, 4.69) is 32.9 Å². The minimum absolute atomic E-state index is 0.00782. The van der Waals surface area contributed by atoms with E-state index in [4.69, 9.17) is 28.4 Å². The van der Waals surface area contributed by atoms with Crippen LogP contribution in [0.25, 0.3) is 32.7 Å². The fourth-order valence-electron chi connectivity index (χ4n) is 4.83. The molecule has 0 aliphatic heterocycles. The fraction of sp³-hybridized carbons (Fsp3) is 0.167. The SMILES string of the molecule is C=C(C)C(=C)OCCOc1ccc(-c2ccc(C(F)F)cc2)c2c(OC(=O)C(=C)C)c3cccc(OC(=O)C(=C)C)c3c(OC=COC(=O)C(=C)C)c12. The molecule has 4 aromatic carbocycles. The van der Waals surface area contributed by atoms with Gasteiger partial charge >= 0.3 is 17.9 Å². The standard InChI is InChI=1S/C42H38F2O9/c1-23(2)27(9)48-19-20-49-32-18-17-30(28-13-15-29(16-14-28)39(43)44)35-36(32)38(50-21-22-51-40(45)24(3)4)34-31(37(35)53-42(47)26(7)8)11-10-12-33(34)52-41(46)25(5)6/h10-18,21-22,39H,1,3,5,7,9,19-20H2,2,4,6,8H3. The predicted octanol–water partition coefficient (Wildman–Crippen LogP) is 10.0. The number of halogens is 2. The number of carbonyl (C=O) groups is 3. The quantitative estimate of drug-likeness (QED) is 0.0212. The van der Waals surface area contributed by atoms with E-state index in [1.165, 1.54) is 51.1 Å². The van der Waals surface area contributed by atoms with Crippen LogP contribution in [-0.2, 0) is 23.9 Å². The van der Waals surface area contributed by atoms with Crippen LogP contribution >= 0.6 is 0 Å². The van der Waals surface area contributed by atoms with E-state index in [0.29, 0.717) is 22.5 Å². The molecule has 0 atom stereocenters. The number of hydrogen-bond acceptors (Lipinski definition) is 9. The van der Waals surface area contributed by atoms with Gasteiger partial charge in [0, 0.05) is 33.1 Å². The van der Waals surface area contributed by atoms with Gasteiger partial charge in [-0.3, -0.25) is 0 Å². The molecule has 0 aliphatic rings. The number of alkyl halides is 2. The van der Waals surface area contributed by atoms with Gasteiger partial charge in [-0.1, -0.05) is 69.3 Å². The molecule has 0 heterocycles. The van der Waals surface area contributed by atoms with Crippen molar-refractivity contribution in [3.8, 4) is 34.1 Å². The second-order valence-electron chi connectivity index (χ2n) is 11.9. The molecule has 53 heavy (non-hydrogen) atoms. The summed E-state index contributed by atoms with van der Waals surface area (Å²) in [5.41, 5.74) is 1.64. The van der Waals surface area contributed by atoms with E-state index in [1.807, 2.05) is 0 Å². The number of esters is 3. The normalized spacial score (nSPS) is 10.9. The van der Waals surface area contributed by atoms with Crippen LogP contribution in [0, 0.1) is 0 Å². The maximum atomic E-state index is 13.6. The largest absolute Gasteiger partial charge is 0.490 e. The van der Waals surface area contributed by atoms with Crippen LogP contribution in [0.2, 0.25) is 0 Å². The van der Waals surface area contributed by atoms with Crippen molar-refractivity contribution in [1.82, 2.24) is 0 Å². The Morgan fingerprint density at radius 3 is 1.91 bits per heavy atom. The first-order valence-corrected chi connectivity index (χ1v) is 16.1. The molecule has 0 fully saturated rings. The summed E-state index contributed by atoms with van der Waals surface area (Å²) >= 11 is 0. The minimum Gasteiger partial charge on any atom is -0.490 e.